The average Bonchev–Trinajstić information content (AvgIpc) is 3.06. The van der Waals surface area contributed by atoms with Gasteiger partial charge in [0.2, 0.25) is 0 Å². The number of nitrogen functional groups attached to an aromatic ring is 1. The molecule has 0 aliphatic carbocycles. The van der Waals surface area contributed by atoms with Crippen LogP contribution in [0.15, 0.2) is 40.2 Å². The molecule has 3 aromatic rings. The van der Waals surface area contributed by atoms with Crippen LogP contribution in [0.4, 0.5) is 5.82 Å². The summed E-state index contributed by atoms with van der Waals surface area (Å²) < 4.78 is 6.21. The van der Waals surface area contributed by atoms with E-state index in [1.807, 2.05) is 35.7 Å². The Morgan fingerprint density at radius 3 is 2.85 bits per heavy atom. The Bertz CT molecular complexity index is 750. The Labute approximate surface area is 128 Å². The maximum Gasteiger partial charge on any atom is 0.153 e. The fourth-order valence-corrected chi connectivity index (χ4v) is 3.37. The number of hydrogen-bond acceptors (Lipinski definition) is 4. The SMILES string of the molecule is COc1csc(-c2[nH]nc(N)c2-c2ccccc2Br)c1. The lowest BCUT2D eigenvalue weighted by atomic mass is 10.0. The van der Waals surface area contributed by atoms with E-state index < -0.39 is 0 Å². The average molecular weight is 350 g/mol. The number of halogens is 1. The molecule has 0 saturated carbocycles. The fourth-order valence-electron chi connectivity index (χ4n) is 2.03. The van der Waals surface area contributed by atoms with Crippen LogP contribution in [-0.4, -0.2) is 17.3 Å². The number of thiophene rings is 1. The van der Waals surface area contributed by atoms with Crippen LogP contribution in [0, 0.1) is 0 Å². The molecule has 6 heteroatoms. The molecule has 102 valence electrons. The third-order valence-corrected chi connectivity index (χ3v) is 4.61. The minimum Gasteiger partial charge on any atom is -0.496 e. The van der Waals surface area contributed by atoms with Gasteiger partial charge < -0.3 is 10.5 Å². The molecule has 1 aromatic carbocycles. The van der Waals surface area contributed by atoms with Crippen LogP contribution in [0.5, 0.6) is 5.75 Å². The van der Waals surface area contributed by atoms with Crippen molar-refractivity contribution in [1.82, 2.24) is 10.2 Å². The predicted molar refractivity (Wildman–Crippen MR) is 86.0 cm³/mol. The van der Waals surface area contributed by atoms with Gasteiger partial charge in [-0.3, -0.25) is 5.10 Å². The lowest BCUT2D eigenvalue weighted by Crippen LogP contribution is -1.89. The molecular formula is C14H12BrN3OS. The maximum atomic E-state index is 6.03. The largest absolute Gasteiger partial charge is 0.496 e. The number of aromatic nitrogens is 2. The Balaban J connectivity index is 2.17. The number of nitrogens with two attached hydrogens (primary N) is 1. The van der Waals surface area contributed by atoms with E-state index in [0.29, 0.717) is 5.82 Å². The van der Waals surface area contributed by atoms with Crippen molar-refractivity contribution in [3.8, 4) is 27.4 Å². The smallest absolute Gasteiger partial charge is 0.153 e. The monoisotopic (exact) mass is 349 g/mol. The number of H-pyrrole nitrogens is 1. The maximum absolute atomic E-state index is 6.03. The van der Waals surface area contributed by atoms with E-state index in [0.717, 1.165) is 31.9 Å². The zero-order valence-electron chi connectivity index (χ0n) is 10.7. The van der Waals surface area contributed by atoms with E-state index in [9.17, 15) is 0 Å². The van der Waals surface area contributed by atoms with Crippen molar-refractivity contribution < 1.29 is 4.74 Å². The highest BCUT2D eigenvalue weighted by molar-refractivity contribution is 9.10. The molecule has 20 heavy (non-hydrogen) atoms. The molecule has 0 amide bonds. The summed E-state index contributed by atoms with van der Waals surface area (Å²) in [4.78, 5) is 1.04. The number of benzene rings is 1. The zero-order chi connectivity index (χ0) is 14.1. The van der Waals surface area contributed by atoms with Gasteiger partial charge >= 0.3 is 0 Å². The van der Waals surface area contributed by atoms with Gasteiger partial charge in [0.15, 0.2) is 5.82 Å². The Kier molecular flexibility index (Phi) is 3.50. The molecular weight excluding hydrogens is 338 g/mol. The number of anilines is 1. The Morgan fingerprint density at radius 2 is 2.15 bits per heavy atom. The van der Waals surface area contributed by atoms with Gasteiger partial charge in [-0.25, -0.2) is 0 Å². The number of hydrogen-bond donors (Lipinski definition) is 2. The highest BCUT2D eigenvalue weighted by atomic mass is 79.9. The first kappa shape index (κ1) is 13.2. The molecule has 0 atom stereocenters. The number of nitrogens with zero attached hydrogens (tertiary/aromatic N) is 1. The summed E-state index contributed by atoms with van der Waals surface area (Å²) >= 11 is 5.15. The number of methoxy groups -OCH3 is 1. The third kappa shape index (κ3) is 2.21. The number of aromatic amines is 1. The summed E-state index contributed by atoms with van der Waals surface area (Å²) in [5.41, 5.74) is 8.85. The van der Waals surface area contributed by atoms with E-state index in [1.54, 1.807) is 18.4 Å². The second-order valence-electron chi connectivity index (χ2n) is 4.19. The van der Waals surface area contributed by atoms with Crippen molar-refractivity contribution in [1.29, 1.82) is 0 Å². The lowest BCUT2D eigenvalue weighted by Gasteiger charge is -2.05. The first-order valence-corrected chi connectivity index (χ1v) is 7.59. The Morgan fingerprint density at radius 1 is 1.35 bits per heavy atom. The van der Waals surface area contributed by atoms with Crippen LogP contribution < -0.4 is 10.5 Å². The van der Waals surface area contributed by atoms with Crippen LogP contribution in [0.1, 0.15) is 0 Å². The van der Waals surface area contributed by atoms with Crippen molar-refractivity contribution >= 4 is 33.1 Å². The van der Waals surface area contributed by atoms with Gasteiger partial charge in [-0.05, 0) is 6.07 Å². The van der Waals surface area contributed by atoms with Gasteiger partial charge in [0.1, 0.15) is 5.75 Å². The van der Waals surface area contributed by atoms with Crippen molar-refractivity contribution in [2.45, 2.75) is 0 Å². The van der Waals surface area contributed by atoms with E-state index in [4.69, 9.17) is 10.5 Å². The lowest BCUT2D eigenvalue weighted by molar-refractivity contribution is 0.417. The molecule has 0 unspecified atom stereocenters. The first-order chi connectivity index (χ1) is 9.70. The number of ether oxygens (including phenoxy) is 1. The molecule has 3 N–H and O–H groups in total. The number of rotatable bonds is 3. The topological polar surface area (TPSA) is 63.9 Å². The standard InChI is InChI=1S/C14H12BrN3OS/c1-19-8-6-11(20-7-8)13-12(14(16)18-17-13)9-4-2-3-5-10(9)15/h2-7H,1H3,(H3,16,17,18). The summed E-state index contributed by atoms with van der Waals surface area (Å²) in [6.07, 6.45) is 0. The highest BCUT2D eigenvalue weighted by Gasteiger charge is 2.18. The molecule has 0 aliphatic rings. The van der Waals surface area contributed by atoms with E-state index in [1.165, 1.54) is 0 Å². The van der Waals surface area contributed by atoms with Gasteiger partial charge in [-0.2, -0.15) is 5.10 Å². The summed E-state index contributed by atoms with van der Waals surface area (Å²) in [5.74, 6) is 1.32. The van der Waals surface area contributed by atoms with E-state index in [2.05, 4.69) is 26.1 Å². The van der Waals surface area contributed by atoms with Crippen molar-refractivity contribution in [3.05, 3.63) is 40.2 Å². The van der Waals surface area contributed by atoms with Crippen molar-refractivity contribution in [2.75, 3.05) is 12.8 Å². The van der Waals surface area contributed by atoms with Crippen LogP contribution >= 0.6 is 27.3 Å². The van der Waals surface area contributed by atoms with Gasteiger partial charge in [0.25, 0.3) is 0 Å². The molecule has 0 radical (unpaired) electrons. The normalized spacial score (nSPS) is 10.7. The van der Waals surface area contributed by atoms with Crippen molar-refractivity contribution in [3.63, 3.8) is 0 Å². The molecule has 4 nitrogen and oxygen atoms in total. The zero-order valence-corrected chi connectivity index (χ0v) is 13.1. The molecule has 0 spiro atoms. The van der Waals surface area contributed by atoms with Gasteiger partial charge in [0, 0.05) is 21.5 Å². The molecule has 0 saturated heterocycles. The minimum atomic E-state index is 0.485. The third-order valence-electron chi connectivity index (χ3n) is 2.99. The van der Waals surface area contributed by atoms with Crippen LogP contribution in [0.2, 0.25) is 0 Å². The summed E-state index contributed by atoms with van der Waals surface area (Å²) in [6, 6.07) is 9.92. The second kappa shape index (κ2) is 5.30. The van der Waals surface area contributed by atoms with Gasteiger partial charge in [-0.15, -0.1) is 11.3 Å². The quantitative estimate of drug-likeness (QED) is 0.746. The van der Waals surface area contributed by atoms with Gasteiger partial charge in [0.05, 0.1) is 23.2 Å². The highest BCUT2D eigenvalue weighted by Crippen LogP contribution is 2.41. The van der Waals surface area contributed by atoms with E-state index in [-0.39, 0.29) is 0 Å². The first-order valence-electron chi connectivity index (χ1n) is 5.92. The van der Waals surface area contributed by atoms with Crippen molar-refractivity contribution in [2.24, 2.45) is 0 Å². The minimum absolute atomic E-state index is 0.485. The fraction of sp³-hybridized carbons (Fsp3) is 0.0714. The van der Waals surface area contributed by atoms with Crippen LogP contribution in [-0.2, 0) is 0 Å². The molecule has 2 aromatic heterocycles. The Hall–Kier alpha value is -1.79. The number of nitrogens with one attached hydrogen (secondary N) is 1. The van der Waals surface area contributed by atoms with E-state index >= 15 is 0 Å². The molecule has 0 aliphatic heterocycles. The van der Waals surface area contributed by atoms with Crippen LogP contribution in [0.3, 0.4) is 0 Å². The molecule has 2 heterocycles. The molecule has 0 bridgehead atoms. The second-order valence-corrected chi connectivity index (χ2v) is 5.96. The molecule has 0 fully saturated rings. The van der Waals surface area contributed by atoms with Gasteiger partial charge in [-0.1, -0.05) is 34.1 Å². The summed E-state index contributed by atoms with van der Waals surface area (Å²) in [5, 5.41) is 9.11. The van der Waals surface area contributed by atoms with Crippen LogP contribution in [0.25, 0.3) is 21.7 Å². The predicted octanol–water partition coefficient (Wildman–Crippen LogP) is 4.16. The molecule has 3 rings (SSSR count). The summed E-state index contributed by atoms with van der Waals surface area (Å²) in [6.45, 7) is 0. The summed E-state index contributed by atoms with van der Waals surface area (Å²) in [7, 11) is 1.65.